The van der Waals surface area contributed by atoms with Gasteiger partial charge in [-0.2, -0.15) is 0 Å². The Morgan fingerprint density at radius 1 is 1.23 bits per heavy atom. The second-order valence-electron chi connectivity index (χ2n) is 6.54. The first-order chi connectivity index (χ1) is 12.6. The molecule has 1 aromatic heterocycles. The summed E-state index contributed by atoms with van der Waals surface area (Å²) in [4.78, 5) is 19.7. The first kappa shape index (κ1) is 16.4. The summed E-state index contributed by atoms with van der Waals surface area (Å²) in [6, 6.07) is 17.8. The van der Waals surface area contributed by atoms with E-state index in [1.54, 1.807) is 11.8 Å². The van der Waals surface area contributed by atoms with Crippen LogP contribution in [0.5, 0.6) is 0 Å². The minimum atomic E-state index is -0.101. The van der Waals surface area contributed by atoms with Gasteiger partial charge in [-0.25, -0.2) is 0 Å². The number of oxime groups is 1. The highest BCUT2D eigenvalue weighted by molar-refractivity contribution is 6.00. The fourth-order valence-electron chi connectivity index (χ4n) is 3.40. The van der Waals surface area contributed by atoms with Crippen molar-refractivity contribution in [3.63, 3.8) is 0 Å². The van der Waals surface area contributed by atoms with Crippen LogP contribution in [0.1, 0.15) is 25.2 Å². The molecule has 4 rings (SSSR count). The molecule has 3 aromatic rings. The molecule has 26 heavy (non-hydrogen) atoms. The van der Waals surface area contributed by atoms with E-state index in [9.17, 15) is 4.79 Å². The zero-order chi connectivity index (χ0) is 18.1. The summed E-state index contributed by atoms with van der Waals surface area (Å²) >= 11 is 0. The number of amides is 1. The highest BCUT2D eigenvalue weighted by Crippen LogP contribution is 2.31. The third-order valence-corrected chi connectivity index (χ3v) is 4.65. The Labute approximate surface area is 151 Å². The van der Waals surface area contributed by atoms with Crippen LogP contribution < -0.4 is 4.90 Å². The van der Waals surface area contributed by atoms with E-state index in [-0.39, 0.29) is 18.6 Å². The lowest BCUT2D eigenvalue weighted by molar-refractivity contribution is -0.123. The lowest BCUT2D eigenvalue weighted by atomic mass is 10.1. The molecule has 0 saturated heterocycles. The Bertz CT molecular complexity index is 957. The molecule has 5 heteroatoms. The summed E-state index contributed by atoms with van der Waals surface area (Å²) in [6.07, 6.45) is 0.864. The van der Waals surface area contributed by atoms with Crippen LogP contribution >= 0.6 is 0 Å². The summed E-state index contributed by atoms with van der Waals surface area (Å²) in [5, 5.41) is 5.07. The van der Waals surface area contributed by atoms with E-state index in [0.717, 1.165) is 23.1 Å². The van der Waals surface area contributed by atoms with E-state index < -0.39 is 0 Å². The first-order valence-corrected chi connectivity index (χ1v) is 8.69. The van der Waals surface area contributed by atoms with E-state index >= 15 is 0 Å². The molecular weight excluding hydrogens is 328 g/mol. The molecule has 0 bridgehead atoms. The second-order valence-corrected chi connectivity index (χ2v) is 6.54. The third kappa shape index (κ3) is 2.96. The van der Waals surface area contributed by atoms with Crippen LogP contribution in [-0.4, -0.2) is 24.3 Å². The molecule has 1 amide bonds. The third-order valence-electron chi connectivity index (χ3n) is 4.65. The maximum atomic E-state index is 12.6. The van der Waals surface area contributed by atoms with Crippen LogP contribution in [0.4, 0.5) is 5.69 Å². The van der Waals surface area contributed by atoms with Crippen molar-refractivity contribution in [1.29, 1.82) is 0 Å². The van der Waals surface area contributed by atoms with Crippen molar-refractivity contribution in [3.8, 4) is 0 Å². The standard InChI is InChI=1S/C21H20N2O3/c1-14-11-16-7-3-5-9-18(16)23(14)21(24)13-25-22-15(2)20-12-17-8-4-6-10-19(17)26-20/h3-10,12,14H,11,13H2,1-2H3. The van der Waals surface area contributed by atoms with Gasteiger partial charge in [-0.05, 0) is 44.0 Å². The van der Waals surface area contributed by atoms with Gasteiger partial charge in [-0.3, -0.25) is 4.79 Å². The number of carbonyl (C=O) groups excluding carboxylic acids is 1. The fraction of sp³-hybridized carbons (Fsp3) is 0.238. The van der Waals surface area contributed by atoms with E-state index in [4.69, 9.17) is 9.25 Å². The van der Waals surface area contributed by atoms with E-state index in [0.29, 0.717) is 11.5 Å². The van der Waals surface area contributed by atoms with Gasteiger partial charge >= 0.3 is 0 Å². The highest BCUT2D eigenvalue weighted by atomic mass is 16.6. The predicted octanol–water partition coefficient (Wildman–Crippen LogP) is 4.15. The summed E-state index contributed by atoms with van der Waals surface area (Å²) in [6.45, 7) is 3.74. The van der Waals surface area contributed by atoms with Crippen molar-refractivity contribution in [1.82, 2.24) is 0 Å². The number of furan rings is 1. The van der Waals surface area contributed by atoms with Gasteiger partial charge in [-0.15, -0.1) is 0 Å². The minimum absolute atomic E-state index is 0.0939. The van der Waals surface area contributed by atoms with Crippen LogP contribution in [-0.2, 0) is 16.1 Å². The Kier molecular flexibility index (Phi) is 4.21. The van der Waals surface area contributed by atoms with Crippen LogP contribution in [0.3, 0.4) is 0 Å². The number of para-hydroxylation sites is 2. The molecule has 2 heterocycles. The van der Waals surface area contributed by atoms with Crippen molar-refractivity contribution < 1.29 is 14.0 Å². The number of benzene rings is 2. The van der Waals surface area contributed by atoms with E-state index in [1.165, 1.54) is 5.56 Å². The molecule has 0 saturated carbocycles. The van der Waals surface area contributed by atoms with Crippen LogP contribution in [0, 0.1) is 0 Å². The van der Waals surface area contributed by atoms with E-state index in [1.807, 2.05) is 55.5 Å². The number of hydrogen-bond donors (Lipinski definition) is 0. The number of fused-ring (bicyclic) bond motifs is 2. The Hall–Kier alpha value is -3.08. The SMILES string of the molecule is CC(=NOCC(=O)N1c2ccccc2CC1C)c1cc2ccccc2o1. The molecule has 2 aromatic carbocycles. The summed E-state index contributed by atoms with van der Waals surface area (Å²) in [5.41, 5.74) is 3.56. The largest absolute Gasteiger partial charge is 0.455 e. The molecule has 1 unspecified atom stereocenters. The van der Waals surface area contributed by atoms with Crippen LogP contribution in [0.2, 0.25) is 0 Å². The predicted molar refractivity (Wildman–Crippen MR) is 101 cm³/mol. The van der Waals surface area contributed by atoms with Crippen molar-refractivity contribution >= 4 is 28.3 Å². The Morgan fingerprint density at radius 3 is 2.85 bits per heavy atom. The monoisotopic (exact) mass is 348 g/mol. The molecule has 5 nitrogen and oxygen atoms in total. The maximum absolute atomic E-state index is 12.6. The van der Waals surface area contributed by atoms with Crippen LogP contribution in [0.25, 0.3) is 11.0 Å². The highest BCUT2D eigenvalue weighted by Gasteiger charge is 2.30. The zero-order valence-electron chi connectivity index (χ0n) is 14.8. The molecule has 1 atom stereocenters. The van der Waals surface area contributed by atoms with Gasteiger partial charge in [-0.1, -0.05) is 41.6 Å². The molecule has 0 radical (unpaired) electrons. The summed E-state index contributed by atoms with van der Waals surface area (Å²) in [5.74, 6) is 0.544. The lowest BCUT2D eigenvalue weighted by Gasteiger charge is -2.21. The van der Waals surface area contributed by atoms with Crippen molar-refractivity contribution in [3.05, 3.63) is 65.9 Å². The molecule has 1 aliphatic rings. The topological polar surface area (TPSA) is 55.0 Å². The molecule has 0 spiro atoms. The zero-order valence-corrected chi connectivity index (χ0v) is 14.8. The van der Waals surface area contributed by atoms with Gasteiger partial charge in [0.05, 0.1) is 0 Å². The van der Waals surface area contributed by atoms with Crippen LogP contribution in [0.15, 0.2) is 64.2 Å². The first-order valence-electron chi connectivity index (χ1n) is 8.69. The van der Waals surface area contributed by atoms with Gasteiger partial charge in [0.2, 0.25) is 0 Å². The quantitative estimate of drug-likeness (QED) is 0.526. The summed E-state index contributed by atoms with van der Waals surface area (Å²) in [7, 11) is 0. The number of rotatable bonds is 4. The number of nitrogens with zero attached hydrogens (tertiary/aromatic N) is 2. The lowest BCUT2D eigenvalue weighted by Crippen LogP contribution is -2.38. The molecule has 0 fully saturated rings. The van der Waals surface area contributed by atoms with Crippen molar-refractivity contribution in [2.75, 3.05) is 11.5 Å². The minimum Gasteiger partial charge on any atom is -0.455 e. The number of anilines is 1. The summed E-state index contributed by atoms with van der Waals surface area (Å²) < 4.78 is 5.74. The van der Waals surface area contributed by atoms with Gasteiger partial charge in [0.1, 0.15) is 11.3 Å². The van der Waals surface area contributed by atoms with E-state index in [2.05, 4.69) is 11.2 Å². The maximum Gasteiger partial charge on any atom is 0.268 e. The van der Waals surface area contributed by atoms with Crippen molar-refractivity contribution in [2.24, 2.45) is 5.16 Å². The molecular formula is C21H20N2O3. The van der Waals surface area contributed by atoms with Gasteiger partial charge in [0, 0.05) is 17.1 Å². The average Bonchev–Trinajstić information content (AvgIpc) is 3.21. The fourth-order valence-corrected chi connectivity index (χ4v) is 3.40. The normalized spacial score (nSPS) is 16.8. The number of carbonyl (C=O) groups is 1. The Morgan fingerprint density at radius 2 is 2.00 bits per heavy atom. The van der Waals surface area contributed by atoms with Gasteiger partial charge in [0.15, 0.2) is 12.4 Å². The molecule has 0 N–H and O–H groups in total. The average molecular weight is 348 g/mol. The molecule has 0 aliphatic carbocycles. The number of hydrogen-bond acceptors (Lipinski definition) is 4. The molecule has 132 valence electrons. The molecule has 1 aliphatic heterocycles. The Balaban J connectivity index is 1.44. The smallest absolute Gasteiger partial charge is 0.268 e. The second kappa shape index (κ2) is 6.67. The van der Waals surface area contributed by atoms with Gasteiger partial charge in [0.25, 0.3) is 5.91 Å². The van der Waals surface area contributed by atoms with Crippen molar-refractivity contribution in [2.45, 2.75) is 26.3 Å². The van der Waals surface area contributed by atoms with Gasteiger partial charge < -0.3 is 14.2 Å².